The summed E-state index contributed by atoms with van der Waals surface area (Å²) in [6.07, 6.45) is 3.46. The molecule has 1 N–H and O–H groups in total. The first-order valence-corrected chi connectivity index (χ1v) is 5.84. The summed E-state index contributed by atoms with van der Waals surface area (Å²) in [7, 11) is 1.98. The van der Waals surface area contributed by atoms with E-state index in [9.17, 15) is 0 Å². The zero-order chi connectivity index (χ0) is 12.4. The molecule has 2 aromatic rings. The monoisotopic (exact) mass is 233 g/mol. The molecular formula is C13H19N3O. The third-order valence-corrected chi connectivity index (χ3v) is 3.19. The van der Waals surface area contributed by atoms with Crippen molar-refractivity contribution in [3.05, 3.63) is 41.1 Å². The second-order valence-electron chi connectivity index (χ2n) is 4.44. The van der Waals surface area contributed by atoms with E-state index in [0.717, 1.165) is 17.8 Å². The number of nitrogens with zero attached hydrogens (tertiary/aromatic N) is 2. The largest absolute Gasteiger partial charge is 0.472 e. The minimum absolute atomic E-state index is 0.290. The van der Waals surface area contributed by atoms with Crippen molar-refractivity contribution < 1.29 is 4.42 Å². The molecular weight excluding hydrogens is 214 g/mol. The SMILES string of the molecule is Cc1nn(C)c(C)c1C(C)NCc1ccoc1. The Bertz CT molecular complexity index is 485. The molecule has 2 heterocycles. The Morgan fingerprint density at radius 2 is 2.24 bits per heavy atom. The highest BCUT2D eigenvalue weighted by Gasteiger charge is 2.15. The van der Waals surface area contributed by atoms with Crippen LogP contribution in [0.15, 0.2) is 23.0 Å². The predicted molar refractivity (Wildman–Crippen MR) is 66.6 cm³/mol. The van der Waals surface area contributed by atoms with Gasteiger partial charge in [0, 0.05) is 36.5 Å². The number of rotatable bonds is 4. The number of aromatic nitrogens is 2. The maximum Gasteiger partial charge on any atom is 0.0947 e. The van der Waals surface area contributed by atoms with Crippen molar-refractivity contribution in [3.63, 3.8) is 0 Å². The smallest absolute Gasteiger partial charge is 0.0947 e. The van der Waals surface area contributed by atoms with Crippen molar-refractivity contribution in [1.82, 2.24) is 15.1 Å². The van der Waals surface area contributed by atoms with Gasteiger partial charge in [-0.3, -0.25) is 4.68 Å². The Labute approximate surface area is 102 Å². The lowest BCUT2D eigenvalue weighted by Crippen LogP contribution is -2.19. The molecule has 2 rings (SSSR count). The van der Waals surface area contributed by atoms with E-state index >= 15 is 0 Å². The lowest BCUT2D eigenvalue weighted by molar-refractivity contribution is 0.544. The molecule has 0 amide bonds. The van der Waals surface area contributed by atoms with E-state index in [1.165, 1.54) is 11.3 Å². The third-order valence-electron chi connectivity index (χ3n) is 3.19. The maximum absolute atomic E-state index is 5.05. The van der Waals surface area contributed by atoms with Crippen LogP contribution in [-0.4, -0.2) is 9.78 Å². The van der Waals surface area contributed by atoms with Gasteiger partial charge in [0.1, 0.15) is 0 Å². The van der Waals surface area contributed by atoms with E-state index < -0.39 is 0 Å². The van der Waals surface area contributed by atoms with Gasteiger partial charge in [-0.2, -0.15) is 5.10 Å². The highest BCUT2D eigenvalue weighted by Crippen LogP contribution is 2.20. The zero-order valence-corrected chi connectivity index (χ0v) is 10.8. The molecule has 92 valence electrons. The van der Waals surface area contributed by atoms with Crippen molar-refractivity contribution in [2.24, 2.45) is 7.05 Å². The summed E-state index contributed by atoms with van der Waals surface area (Å²) in [5.41, 5.74) is 4.76. The fraction of sp³-hybridized carbons (Fsp3) is 0.462. The molecule has 0 spiro atoms. The van der Waals surface area contributed by atoms with Crippen molar-refractivity contribution in [2.45, 2.75) is 33.4 Å². The van der Waals surface area contributed by atoms with E-state index in [1.807, 2.05) is 17.8 Å². The number of hydrogen-bond acceptors (Lipinski definition) is 3. The van der Waals surface area contributed by atoms with Gasteiger partial charge < -0.3 is 9.73 Å². The number of furan rings is 1. The van der Waals surface area contributed by atoms with E-state index in [2.05, 4.69) is 31.2 Å². The lowest BCUT2D eigenvalue weighted by Gasteiger charge is -2.14. The Morgan fingerprint density at radius 1 is 1.47 bits per heavy atom. The zero-order valence-electron chi connectivity index (χ0n) is 10.8. The van der Waals surface area contributed by atoms with Crippen LogP contribution in [0.3, 0.4) is 0 Å². The van der Waals surface area contributed by atoms with Crippen LogP contribution in [0.5, 0.6) is 0 Å². The molecule has 0 saturated heterocycles. The Morgan fingerprint density at radius 3 is 2.76 bits per heavy atom. The topological polar surface area (TPSA) is 43.0 Å². The van der Waals surface area contributed by atoms with Crippen LogP contribution in [0.1, 0.15) is 35.5 Å². The average molecular weight is 233 g/mol. The first-order valence-electron chi connectivity index (χ1n) is 5.84. The summed E-state index contributed by atoms with van der Waals surface area (Å²) in [5, 5.41) is 7.92. The molecule has 17 heavy (non-hydrogen) atoms. The summed E-state index contributed by atoms with van der Waals surface area (Å²) in [6.45, 7) is 7.13. The van der Waals surface area contributed by atoms with Gasteiger partial charge in [-0.1, -0.05) is 0 Å². The average Bonchev–Trinajstić information content (AvgIpc) is 2.86. The molecule has 4 heteroatoms. The van der Waals surface area contributed by atoms with Crippen molar-refractivity contribution in [2.75, 3.05) is 0 Å². The summed E-state index contributed by atoms with van der Waals surface area (Å²) in [6, 6.07) is 2.27. The number of nitrogens with one attached hydrogen (secondary N) is 1. The molecule has 0 aliphatic rings. The van der Waals surface area contributed by atoms with Crippen LogP contribution < -0.4 is 5.32 Å². The molecule has 0 bridgehead atoms. The van der Waals surface area contributed by atoms with Crippen molar-refractivity contribution in [3.8, 4) is 0 Å². The highest BCUT2D eigenvalue weighted by molar-refractivity contribution is 5.27. The molecule has 1 unspecified atom stereocenters. The molecule has 4 nitrogen and oxygen atoms in total. The predicted octanol–water partition coefficient (Wildman–Crippen LogP) is 2.48. The molecule has 0 radical (unpaired) electrons. The molecule has 0 aliphatic heterocycles. The summed E-state index contributed by atoms with van der Waals surface area (Å²) in [4.78, 5) is 0. The fourth-order valence-electron chi connectivity index (χ4n) is 2.18. The van der Waals surface area contributed by atoms with E-state index in [0.29, 0.717) is 6.04 Å². The molecule has 0 aliphatic carbocycles. The van der Waals surface area contributed by atoms with E-state index in [1.54, 1.807) is 12.5 Å². The van der Waals surface area contributed by atoms with Crippen molar-refractivity contribution in [1.29, 1.82) is 0 Å². The van der Waals surface area contributed by atoms with Gasteiger partial charge in [0.2, 0.25) is 0 Å². The minimum atomic E-state index is 0.290. The maximum atomic E-state index is 5.05. The number of aryl methyl sites for hydroxylation is 2. The number of hydrogen-bond donors (Lipinski definition) is 1. The normalized spacial score (nSPS) is 12.9. The van der Waals surface area contributed by atoms with E-state index in [-0.39, 0.29) is 0 Å². The second kappa shape index (κ2) is 4.75. The Kier molecular flexibility index (Phi) is 3.33. The van der Waals surface area contributed by atoms with Gasteiger partial charge in [0.25, 0.3) is 0 Å². The van der Waals surface area contributed by atoms with Gasteiger partial charge in [0.05, 0.1) is 18.2 Å². The Balaban J connectivity index is 2.07. The van der Waals surface area contributed by atoms with Gasteiger partial charge in [-0.05, 0) is 26.8 Å². The van der Waals surface area contributed by atoms with Crippen LogP contribution >= 0.6 is 0 Å². The standard InChI is InChI=1S/C13H19N3O/c1-9(14-7-12-5-6-17-8-12)13-10(2)15-16(4)11(13)3/h5-6,8-9,14H,7H2,1-4H3. The second-order valence-corrected chi connectivity index (χ2v) is 4.44. The van der Waals surface area contributed by atoms with Crippen LogP contribution in [0.25, 0.3) is 0 Å². The van der Waals surface area contributed by atoms with E-state index in [4.69, 9.17) is 4.42 Å². The van der Waals surface area contributed by atoms with Crippen LogP contribution in [0.2, 0.25) is 0 Å². The van der Waals surface area contributed by atoms with Crippen LogP contribution in [-0.2, 0) is 13.6 Å². The summed E-state index contributed by atoms with van der Waals surface area (Å²) in [5.74, 6) is 0. The molecule has 2 aromatic heterocycles. The third kappa shape index (κ3) is 2.42. The van der Waals surface area contributed by atoms with Gasteiger partial charge in [0.15, 0.2) is 0 Å². The van der Waals surface area contributed by atoms with Crippen molar-refractivity contribution >= 4 is 0 Å². The minimum Gasteiger partial charge on any atom is -0.472 e. The fourth-order valence-corrected chi connectivity index (χ4v) is 2.18. The van der Waals surface area contributed by atoms with Crippen LogP contribution in [0, 0.1) is 13.8 Å². The van der Waals surface area contributed by atoms with Crippen LogP contribution in [0.4, 0.5) is 0 Å². The quantitative estimate of drug-likeness (QED) is 0.882. The van der Waals surface area contributed by atoms with Gasteiger partial charge in [-0.15, -0.1) is 0 Å². The summed E-state index contributed by atoms with van der Waals surface area (Å²) < 4.78 is 6.98. The highest BCUT2D eigenvalue weighted by atomic mass is 16.3. The molecule has 0 aromatic carbocycles. The summed E-state index contributed by atoms with van der Waals surface area (Å²) >= 11 is 0. The Hall–Kier alpha value is -1.55. The molecule has 0 saturated carbocycles. The first-order chi connectivity index (χ1) is 8.09. The van der Waals surface area contributed by atoms with Gasteiger partial charge >= 0.3 is 0 Å². The first kappa shape index (κ1) is 11.9. The molecule has 1 atom stereocenters. The van der Waals surface area contributed by atoms with Gasteiger partial charge in [-0.25, -0.2) is 0 Å². The lowest BCUT2D eigenvalue weighted by atomic mass is 10.1. The molecule has 0 fully saturated rings.